The van der Waals surface area contributed by atoms with Crippen molar-refractivity contribution < 1.29 is 8.83 Å². The van der Waals surface area contributed by atoms with E-state index in [4.69, 9.17) is 8.83 Å². The summed E-state index contributed by atoms with van der Waals surface area (Å²) in [6, 6.07) is 77.6. The van der Waals surface area contributed by atoms with Crippen molar-refractivity contribution in [2.75, 3.05) is 4.90 Å². The Morgan fingerprint density at radius 3 is 1.69 bits per heavy atom. The predicted molar refractivity (Wildman–Crippen MR) is 270 cm³/mol. The number of hydrogen-bond donors (Lipinski definition) is 0. The van der Waals surface area contributed by atoms with Crippen molar-refractivity contribution in [2.45, 2.75) is 5.41 Å². The van der Waals surface area contributed by atoms with Gasteiger partial charge in [0.1, 0.15) is 16.7 Å². The third-order valence-electron chi connectivity index (χ3n) is 14.3. The molecule has 0 N–H and O–H groups in total. The third-order valence-corrected chi connectivity index (χ3v) is 15.5. The summed E-state index contributed by atoms with van der Waals surface area (Å²) in [5.74, 6) is 0. The van der Waals surface area contributed by atoms with E-state index in [-0.39, 0.29) is 0 Å². The summed E-state index contributed by atoms with van der Waals surface area (Å²) in [7, 11) is 0. The minimum Gasteiger partial charge on any atom is -0.456 e. The molecule has 65 heavy (non-hydrogen) atoms. The summed E-state index contributed by atoms with van der Waals surface area (Å²) in [5, 5.41) is 6.83. The molecule has 4 heteroatoms. The van der Waals surface area contributed by atoms with E-state index in [1.807, 2.05) is 17.4 Å². The van der Waals surface area contributed by atoms with E-state index in [0.717, 1.165) is 66.5 Å². The number of hydrogen-bond acceptors (Lipinski definition) is 4. The van der Waals surface area contributed by atoms with Crippen molar-refractivity contribution in [1.29, 1.82) is 0 Å². The van der Waals surface area contributed by atoms with Gasteiger partial charge >= 0.3 is 0 Å². The highest BCUT2D eigenvalue weighted by molar-refractivity contribution is 7.26. The molecular weight excluding hydrogens is 811 g/mol. The first-order valence-corrected chi connectivity index (χ1v) is 23.1. The van der Waals surface area contributed by atoms with Gasteiger partial charge in [-0.2, -0.15) is 0 Å². The van der Waals surface area contributed by atoms with Crippen molar-refractivity contribution in [3.63, 3.8) is 0 Å². The third kappa shape index (κ3) is 4.58. The quantitative estimate of drug-likeness (QED) is 0.177. The van der Waals surface area contributed by atoms with Crippen LogP contribution in [0.25, 0.3) is 97.4 Å². The van der Waals surface area contributed by atoms with Gasteiger partial charge in [0.25, 0.3) is 0 Å². The number of nitrogens with zero attached hydrogens (tertiary/aromatic N) is 1. The molecule has 0 saturated heterocycles. The largest absolute Gasteiger partial charge is 0.456 e. The Kier molecular flexibility index (Phi) is 7.03. The minimum atomic E-state index is -0.479. The maximum atomic E-state index is 7.32. The maximum Gasteiger partial charge on any atom is 0.160 e. The summed E-state index contributed by atoms with van der Waals surface area (Å²) in [6.07, 6.45) is 0. The summed E-state index contributed by atoms with van der Waals surface area (Å²) in [5.41, 5.74) is 18.7. The molecule has 0 atom stereocenters. The van der Waals surface area contributed by atoms with E-state index >= 15 is 0 Å². The van der Waals surface area contributed by atoms with Crippen molar-refractivity contribution in [2.24, 2.45) is 0 Å². The zero-order valence-electron chi connectivity index (χ0n) is 34.9. The molecule has 302 valence electrons. The van der Waals surface area contributed by atoms with Crippen LogP contribution in [-0.4, -0.2) is 0 Å². The molecule has 15 rings (SSSR count). The van der Waals surface area contributed by atoms with Crippen LogP contribution in [0.15, 0.2) is 221 Å². The molecule has 0 saturated carbocycles. The van der Waals surface area contributed by atoms with Gasteiger partial charge in [0, 0.05) is 58.7 Å². The number of benzene rings is 10. The van der Waals surface area contributed by atoms with Crippen LogP contribution >= 0.6 is 11.3 Å². The van der Waals surface area contributed by atoms with E-state index in [1.54, 1.807) is 0 Å². The highest BCUT2D eigenvalue weighted by atomic mass is 32.1. The van der Waals surface area contributed by atoms with Crippen LogP contribution in [0.3, 0.4) is 0 Å². The van der Waals surface area contributed by atoms with E-state index in [0.29, 0.717) is 0 Å². The molecule has 1 spiro atoms. The van der Waals surface area contributed by atoms with Gasteiger partial charge in [-0.1, -0.05) is 158 Å². The smallest absolute Gasteiger partial charge is 0.160 e. The molecule has 0 bridgehead atoms. The van der Waals surface area contributed by atoms with Crippen LogP contribution in [0.1, 0.15) is 22.3 Å². The van der Waals surface area contributed by atoms with Crippen molar-refractivity contribution in [3.8, 4) is 33.4 Å². The lowest BCUT2D eigenvalue weighted by atomic mass is 9.70. The SMILES string of the molecule is c1ccc(N(c2ccc3c(c2)C2(c4ccccc4-c4ccccc42)c2ccccc2-3)c2ccc(-c3cccc4c3sc3ccccc34)c3c2oc2ccc4oc5ccccc5c4c23)cc1. The fourth-order valence-electron chi connectivity index (χ4n) is 11.7. The fourth-order valence-corrected chi connectivity index (χ4v) is 13.0. The Hall–Kier alpha value is -8.18. The van der Waals surface area contributed by atoms with Gasteiger partial charge in [-0.05, 0) is 105 Å². The van der Waals surface area contributed by atoms with Crippen LogP contribution in [0.5, 0.6) is 0 Å². The number of anilines is 3. The Balaban J connectivity index is 1.05. The van der Waals surface area contributed by atoms with Crippen LogP contribution in [-0.2, 0) is 5.41 Å². The molecule has 3 heterocycles. The van der Waals surface area contributed by atoms with Gasteiger partial charge in [0.2, 0.25) is 0 Å². The Labute approximate surface area is 377 Å². The number of furan rings is 2. The Bertz CT molecular complexity index is 4090. The summed E-state index contributed by atoms with van der Waals surface area (Å²) >= 11 is 1.86. The first-order chi connectivity index (χ1) is 32.3. The molecular formula is C61H35NO2S. The van der Waals surface area contributed by atoms with Gasteiger partial charge in [0.15, 0.2) is 5.58 Å². The molecule has 2 aliphatic rings. The maximum absolute atomic E-state index is 7.32. The fraction of sp³-hybridized carbons (Fsp3) is 0.0164. The van der Waals surface area contributed by atoms with E-state index in [9.17, 15) is 0 Å². The molecule has 3 nitrogen and oxygen atoms in total. The number of thiophene rings is 1. The van der Waals surface area contributed by atoms with Crippen LogP contribution in [0.4, 0.5) is 17.1 Å². The zero-order valence-corrected chi connectivity index (χ0v) is 35.7. The van der Waals surface area contributed by atoms with Crippen LogP contribution in [0.2, 0.25) is 0 Å². The van der Waals surface area contributed by atoms with Crippen molar-refractivity contribution >= 4 is 92.4 Å². The molecule has 0 aliphatic heterocycles. The molecule has 0 radical (unpaired) electrons. The second-order valence-electron chi connectivity index (χ2n) is 17.4. The highest BCUT2D eigenvalue weighted by Crippen LogP contribution is 2.63. The molecule has 2 aliphatic carbocycles. The van der Waals surface area contributed by atoms with Gasteiger partial charge in [0.05, 0.1) is 11.1 Å². The van der Waals surface area contributed by atoms with Crippen molar-refractivity contribution in [1.82, 2.24) is 0 Å². The number of rotatable bonds is 4. The predicted octanol–water partition coefficient (Wildman–Crippen LogP) is 17.3. The zero-order chi connectivity index (χ0) is 42.4. The summed E-state index contributed by atoms with van der Waals surface area (Å²) in [4.78, 5) is 2.41. The monoisotopic (exact) mass is 845 g/mol. The normalized spacial score (nSPS) is 13.4. The molecule has 0 unspecified atom stereocenters. The lowest BCUT2D eigenvalue weighted by Crippen LogP contribution is -2.26. The summed E-state index contributed by atoms with van der Waals surface area (Å²) in [6.45, 7) is 0. The van der Waals surface area contributed by atoms with Gasteiger partial charge in [-0.15, -0.1) is 11.3 Å². The van der Waals surface area contributed by atoms with Gasteiger partial charge in [-0.25, -0.2) is 0 Å². The Morgan fingerprint density at radius 1 is 0.354 bits per heavy atom. The van der Waals surface area contributed by atoms with E-state index in [1.165, 1.54) is 70.2 Å². The molecule has 13 aromatic rings. The van der Waals surface area contributed by atoms with Gasteiger partial charge in [-0.3, -0.25) is 0 Å². The topological polar surface area (TPSA) is 29.5 Å². The molecule has 0 amide bonds. The number of para-hydroxylation sites is 2. The average Bonchev–Trinajstić information content (AvgIpc) is 4.17. The highest BCUT2D eigenvalue weighted by Gasteiger charge is 2.51. The van der Waals surface area contributed by atoms with Gasteiger partial charge < -0.3 is 13.7 Å². The average molecular weight is 846 g/mol. The Morgan fingerprint density at radius 2 is 0.938 bits per heavy atom. The second-order valence-corrected chi connectivity index (χ2v) is 18.5. The van der Waals surface area contributed by atoms with E-state index in [2.05, 4.69) is 211 Å². The first kappa shape index (κ1) is 35.3. The molecule has 10 aromatic carbocycles. The van der Waals surface area contributed by atoms with Crippen molar-refractivity contribution in [3.05, 3.63) is 235 Å². The molecule has 3 aromatic heterocycles. The second kappa shape index (κ2) is 12.9. The lowest BCUT2D eigenvalue weighted by molar-refractivity contribution is 0.663. The minimum absolute atomic E-state index is 0.479. The lowest BCUT2D eigenvalue weighted by Gasteiger charge is -2.32. The first-order valence-electron chi connectivity index (χ1n) is 22.2. The van der Waals surface area contributed by atoms with Crippen LogP contribution in [0, 0.1) is 0 Å². The van der Waals surface area contributed by atoms with Crippen LogP contribution < -0.4 is 4.90 Å². The summed E-state index contributed by atoms with van der Waals surface area (Å²) < 4.78 is 16.4. The number of fused-ring (bicyclic) bond motifs is 20. The molecule has 0 fully saturated rings. The standard InChI is InChI=1S/C61H35NO2S/c1-2-15-36(16-3-1)62(37-29-30-41-40-19-6-11-26-49(40)61(50(41)35-37)47-24-9-4-17-38(47)39-18-5-10-25-48(39)61)51-32-31-43(45-23-14-22-44-42-20-8-13-28-55(42)65-60(44)45)57-58-54(64-59(51)57)34-33-53-56(58)46-21-7-12-27-52(46)63-53/h1-35H. The van der Waals surface area contributed by atoms with E-state index < -0.39 is 5.41 Å².